The van der Waals surface area contributed by atoms with Crippen LogP contribution >= 0.6 is 0 Å². The maximum atomic E-state index is 3.54. The van der Waals surface area contributed by atoms with Crippen molar-refractivity contribution >= 4 is 0 Å². The van der Waals surface area contributed by atoms with Gasteiger partial charge >= 0.3 is 0 Å². The Morgan fingerprint density at radius 1 is 0.311 bits per heavy atom. The Balaban J connectivity index is 0.000000450. The van der Waals surface area contributed by atoms with Gasteiger partial charge in [0, 0.05) is 13.1 Å². The first-order valence-electron chi connectivity index (χ1n) is 19.9. The van der Waals surface area contributed by atoms with Gasteiger partial charge in [0.25, 0.3) is 0 Å². The van der Waals surface area contributed by atoms with Crippen molar-refractivity contribution in [3.8, 4) is 0 Å². The molecule has 2 nitrogen and oxygen atoms in total. The van der Waals surface area contributed by atoms with E-state index in [0.29, 0.717) is 0 Å². The highest BCUT2D eigenvalue weighted by Crippen LogP contribution is 2.13. The predicted octanol–water partition coefficient (Wildman–Crippen LogP) is 13.3. The number of benzene rings is 2. The second-order valence-corrected chi connectivity index (χ2v) is 13.5. The molecule has 0 aliphatic rings. The minimum Gasteiger partial charge on any atom is -0.313 e. The molecule has 0 saturated carbocycles. The monoisotopic (exact) mass is 621 g/mol. The van der Waals surface area contributed by atoms with Gasteiger partial charge in [-0.15, -0.1) is 0 Å². The summed E-state index contributed by atoms with van der Waals surface area (Å²) in [5.74, 6) is 0. The molecule has 0 bridgehead atoms. The van der Waals surface area contributed by atoms with Gasteiger partial charge in [-0.2, -0.15) is 0 Å². The summed E-state index contributed by atoms with van der Waals surface area (Å²) in [6.07, 6.45) is 35.7. The van der Waals surface area contributed by atoms with E-state index in [-0.39, 0.29) is 0 Å². The van der Waals surface area contributed by atoms with Crippen molar-refractivity contribution < 1.29 is 0 Å². The summed E-state index contributed by atoms with van der Waals surface area (Å²) in [7, 11) is 0. The molecule has 0 amide bonds. The highest BCUT2D eigenvalue weighted by Gasteiger charge is 1.96. The summed E-state index contributed by atoms with van der Waals surface area (Å²) in [6.45, 7) is 8.92. The summed E-state index contributed by atoms with van der Waals surface area (Å²) < 4.78 is 0. The number of hydrogen-bond donors (Lipinski definition) is 2. The second-order valence-electron chi connectivity index (χ2n) is 13.5. The van der Waals surface area contributed by atoms with Crippen molar-refractivity contribution in [3.05, 3.63) is 71.8 Å². The molecular weight excluding hydrogens is 544 g/mol. The molecule has 2 aromatic rings. The summed E-state index contributed by atoms with van der Waals surface area (Å²) in [4.78, 5) is 0. The van der Waals surface area contributed by atoms with E-state index in [1.807, 2.05) is 0 Å². The fourth-order valence-electron chi connectivity index (χ4n) is 6.02. The summed E-state index contributed by atoms with van der Waals surface area (Å²) in [5.41, 5.74) is 2.78. The lowest BCUT2D eigenvalue weighted by atomic mass is 10.0. The Bertz CT molecular complexity index is 790. The lowest BCUT2D eigenvalue weighted by Gasteiger charge is -2.05. The molecule has 0 fully saturated rings. The molecule has 45 heavy (non-hydrogen) atoms. The van der Waals surface area contributed by atoms with E-state index in [1.54, 1.807) is 0 Å². The highest BCUT2D eigenvalue weighted by molar-refractivity contribution is 5.14. The van der Waals surface area contributed by atoms with Gasteiger partial charge in [-0.3, -0.25) is 0 Å². The van der Waals surface area contributed by atoms with Gasteiger partial charge in [0.05, 0.1) is 0 Å². The molecule has 0 radical (unpaired) electrons. The standard InChI is InChI=1S/C22H39N.C21H37N/c1-2-3-4-5-6-7-8-9-10-11-12-13-17-20-23-21-22-18-15-14-16-19-22;1-2-3-4-5-6-7-8-9-10-11-12-16-19-22-20-21-17-14-13-15-18-21/h14-16,18-19,23H,2-13,17,20-21H2,1H3;13-15,17-18,22H,2-12,16,19-20H2,1H3. The molecule has 258 valence electrons. The molecule has 0 spiro atoms. The van der Waals surface area contributed by atoms with Crippen LogP contribution in [0, 0.1) is 0 Å². The average molecular weight is 621 g/mol. The van der Waals surface area contributed by atoms with E-state index in [4.69, 9.17) is 0 Å². The maximum Gasteiger partial charge on any atom is 0.0205 e. The molecule has 0 unspecified atom stereocenters. The third kappa shape index (κ3) is 30.8. The first kappa shape index (κ1) is 41.4. The Morgan fingerprint density at radius 3 is 0.822 bits per heavy atom. The van der Waals surface area contributed by atoms with E-state index < -0.39 is 0 Å². The topological polar surface area (TPSA) is 24.1 Å². The molecule has 0 aliphatic heterocycles. The van der Waals surface area contributed by atoms with E-state index in [9.17, 15) is 0 Å². The molecule has 0 atom stereocenters. The largest absolute Gasteiger partial charge is 0.313 e. The predicted molar refractivity (Wildman–Crippen MR) is 203 cm³/mol. The smallest absolute Gasteiger partial charge is 0.0205 e. The first-order chi connectivity index (χ1) is 22.4. The molecule has 2 N–H and O–H groups in total. The van der Waals surface area contributed by atoms with Crippen molar-refractivity contribution in [2.24, 2.45) is 0 Å². The van der Waals surface area contributed by atoms with Gasteiger partial charge < -0.3 is 10.6 Å². The quantitative estimate of drug-likeness (QED) is 0.0819. The van der Waals surface area contributed by atoms with Crippen LogP contribution in [0.5, 0.6) is 0 Å². The van der Waals surface area contributed by atoms with E-state index in [2.05, 4.69) is 85.1 Å². The Labute approximate surface area is 282 Å². The van der Waals surface area contributed by atoms with Crippen molar-refractivity contribution in [1.29, 1.82) is 0 Å². The van der Waals surface area contributed by atoms with Crippen LogP contribution in [0.1, 0.15) is 185 Å². The zero-order valence-electron chi connectivity index (χ0n) is 30.3. The lowest BCUT2D eigenvalue weighted by Crippen LogP contribution is -2.14. The minimum absolute atomic E-state index is 1.01. The van der Waals surface area contributed by atoms with Crippen LogP contribution in [0.25, 0.3) is 0 Å². The summed E-state index contributed by atoms with van der Waals surface area (Å²) in [5, 5.41) is 7.08. The SMILES string of the molecule is CCCCCCCCCCCCCCCNCc1ccccc1.CCCCCCCCCCCCCCNCc1ccccc1. The first-order valence-corrected chi connectivity index (χ1v) is 19.9. The molecule has 2 heteroatoms. The fourth-order valence-corrected chi connectivity index (χ4v) is 6.02. The molecule has 0 aromatic heterocycles. The summed E-state index contributed by atoms with van der Waals surface area (Å²) >= 11 is 0. The normalized spacial score (nSPS) is 11.0. The van der Waals surface area contributed by atoms with Crippen LogP contribution in [-0.2, 0) is 13.1 Å². The van der Waals surface area contributed by atoms with Crippen LogP contribution in [0.2, 0.25) is 0 Å². The van der Waals surface area contributed by atoms with Gasteiger partial charge in [0.1, 0.15) is 0 Å². The van der Waals surface area contributed by atoms with Gasteiger partial charge in [-0.25, -0.2) is 0 Å². The van der Waals surface area contributed by atoms with Crippen LogP contribution in [0.3, 0.4) is 0 Å². The van der Waals surface area contributed by atoms with Crippen molar-refractivity contribution in [2.75, 3.05) is 13.1 Å². The van der Waals surface area contributed by atoms with Crippen molar-refractivity contribution in [1.82, 2.24) is 10.6 Å². The Kier molecular flexibility index (Phi) is 32.4. The number of unbranched alkanes of at least 4 members (excludes halogenated alkanes) is 23. The molecule has 2 aromatic carbocycles. The summed E-state index contributed by atoms with van der Waals surface area (Å²) in [6, 6.07) is 21.4. The van der Waals surface area contributed by atoms with Crippen LogP contribution < -0.4 is 10.6 Å². The average Bonchev–Trinajstić information content (AvgIpc) is 3.08. The van der Waals surface area contributed by atoms with Gasteiger partial charge in [-0.1, -0.05) is 222 Å². The number of rotatable bonds is 31. The zero-order valence-corrected chi connectivity index (χ0v) is 30.3. The molecule has 0 heterocycles. The molecular formula is C43H76N2. The van der Waals surface area contributed by atoms with Crippen LogP contribution in [0.15, 0.2) is 60.7 Å². The van der Waals surface area contributed by atoms with Crippen molar-refractivity contribution in [3.63, 3.8) is 0 Å². The molecule has 2 rings (SSSR count). The third-order valence-electron chi connectivity index (χ3n) is 9.01. The van der Waals surface area contributed by atoms with Gasteiger partial charge in [-0.05, 0) is 37.1 Å². The van der Waals surface area contributed by atoms with Gasteiger partial charge in [0.2, 0.25) is 0 Å². The minimum atomic E-state index is 1.01. The van der Waals surface area contributed by atoms with E-state index >= 15 is 0 Å². The van der Waals surface area contributed by atoms with E-state index in [0.717, 1.165) is 26.2 Å². The van der Waals surface area contributed by atoms with Crippen LogP contribution in [-0.4, -0.2) is 13.1 Å². The molecule has 0 saturated heterocycles. The van der Waals surface area contributed by atoms with Crippen LogP contribution in [0.4, 0.5) is 0 Å². The van der Waals surface area contributed by atoms with Crippen molar-refractivity contribution in [2.45, 2.75) is 187 Å². The second kappa shape index (κ2) is 35.2. The molecule has 0 aliphatic carbocycles. The number of hydrogen-bond acceptors (Lipinski definition) is 2. The Hall–Kier alpha value is -1.64. The lowest BCUT2D eigenvalue weighted by molar-refractivity contribution is 0.532. The zero-order chi connectivity index (χ0) is 32.1. The Morgan fingerprint density at radius 2 is 0.556 bits per heavy atom. The fraction of sp³-hybridized carbons (Fsp3) is 0.721. The van der Waals surface area contributed by atoms with Gasteiger partial charge in [0.15, 0.2) is 0 Å². The highest BCUT2D eigenvalue weighted by atomic mass is 14.8. The maximum absolute atomic E-state index is 3.54. The van der Waals surface area contributed by atoms with E-state index in [1.165, 1.54) is 172 Å². The number of nitrogens with one attached hydrogen (secondary N) is 2. The third-order valence-corrected chi connectivity index (χ3v) is 9.01.